The molecule has 0 spiro atoms. The lowest BCUT2D eigenvalue weighted by Crippen LogP contribution is -2.01. The lowest BCUT2D eigenvalue weighted by atomic mass is 10.1. The van der Waals surface area contributed by atoms with Crippen LogP contribution in [0.25, 0.3) is 0 Å². The average molecular weight is 303 g/mol. The number of nitriles is 1. The van der Waals surface area contributed by atoms with Gasteiger partial charge in [-0.05, 0) is 17.7 Å². The summed E-state index contributed by atoms with van der Waals surface area (Å²) in [6.07, 6.45) is 0. The molecule has 108 valence electrons. The van der Waals surface area contributed by atoms with E-state index >= 15 is 0 Å². The van der Waals surface area contributed by atoms with Gasteiger partial charge in [0.15, 0.2) is 11.5 Å². The molecule has 5 heteroatoms. The van der Waals surface area contributed by atoms with E-state index in [-0.39, 0.29) is 0 Å². The lowest BCUT2D eigenvalue weighted by molar-refractivity contribution is 0.355. The fraction of sp³-hybridized carbons (Fsp3) is 0.188. The van der Waals surface area contributed by atoms with Crippen molar-refractivity contribution < 1.29 is 9.47 Å². The lowest BCUT2D eigenvalue weighted by Gasteiger charge is -2.13. The van der Waals surface area contributed by atoms with Crippen LogP contribution in [0.2, 0.25) is 5.02 Å². The molecule has 0 radical (unpaired) electrons. The fourth-order valence-electron chi connectivity index (χ4n) is 1.94. The van der Waals surface area contributed by atoms with E-state index in [0.29, 0.717) is 28.6 Å². The van der Waals surface area contributed by atoms with Crippen molar-refractivity contribution in [3.63, 3.8) is 0 Å². The third-order valence-corrected chi connectivity index (χ3v) is 3.32. The molecular weight excluding hydrogens is 288 g/mol. The number of nitrogens with one attached hydrogen (secondary N) is 1. The third kappa shape index (κ3) is 3.59. The minimum absolute atomic E-state index is 0.545. The molecule has 0 aromatic heterocycles. The number of hydrogen-bond acceptors (Lipinski definition) is 4. The Kier molecular flexibility index (Phi) is 4.91. The highest BCUT2D eigenvalue weighted by Crippen LogP contribution is 2.36. The molecule has 0 fully saturated rings. The van der Waals surface area contributed by atoms with E-state index in [1.165, 1.54) is 0 Å². The van der Waals surface area contributed by atoms with E-state index in [2.05, 4.69) is 11.4 Å². The largest absolute Gasteiger partial charge is 0.493 e. The molecule has 0 atom stereocenters. The minimum atomic E-state index is 0.545. The molecule has 0 aliphatic heterocycles. The van der Waals surface area contributed by atoms with Gasteiger partial charge >= 0.3 is 0 Å². The molecule has 2 aromatic rings. The highest BCUT2D eigenvalue weighted by Gasteiger charge is 2.09. The first-order valence-corrected chi connectivity index (χ1v) is 6.70. The van der Waals surface area contributed by atoms with Crippen molar-refractivity contribution in [1.29, 1.82) is 5.26 Å². The van der Waals surface area contributed by atoms with Crippen LogP contribution in [0.3, 0.4) is 0 Å². The van der Waals surface area contributed by atoms with E-state index in [0.717, 1.165) is 11.3 Å². The molecule has 0 saturated heterocycles. The number of rotatable bonds is 5. The van der Waals surface area contributed by atoms with Gasteiger partial charge in [-0.1, -0.05) is 23.7 Å². The molecule has 0 unspecified atom stereocenters. The first kappa shape index (κ1) is 15.0. The van der Waals surface area contributed by atoms with E-state index in [1.54, 1.807) is 32.4 Å². The van der Waals surface area contributed by atoms with Gasteiger partial charge in [-0.2, -0.15) is 5.26 Å². The third-order valence-electron chi connectivity index (χ3n) is 3.01. The molecular formula is C16H15ClN2O2. The molecule has 1 N–H and O–H groups in total. The molecule has 0 amide bonds. The van der Waals surface area contributed by atoms with E-state index in [4.69, 9.17) is 26.3 Å². The Hall–Kier alpha value is -2.38. The Balaban J connectivity index is 2.18. The molecule has 0 heterocycles. The molecule has 2 rings (SSSR count). The topological polar surface area (TPSA) is 54.3 Å². The molecule has 4 nitrogen and oxygen atoms in total. The number of ether oxygens (including phenoxy) is 2. The second-order valence-electron chi connectivity index (χ2n) is 4.35. The monoisotopic (exact) mass is 302 g/mol. The highest BCUT2D eigenvalue weighted by atomic mass is 35.5. The van der Waals surface area contributed by atoms with Gasteiger partial charge in [0.2, 0.25) is 0 Å². The summed E-state index contributed by atoms with van der Waals surface area (Å²) in [5.74, 6) is 1.19. The summed E-state index contributed by atoms with van der Waals surface area (Å²) >= 11 is 6.21. The van der Waals surface area contributed by atoms with E-state index in [9.17, 15) is 0 Å². The van der Waals surface area contributed by atoms with Gasteiger partial charge in [-0.25, -0.2) is 0 Å². The molecule has 0 aliphatic rings. The highest BCUT2D eigenvalue weighted by molar-refractivity contribution is 6.33. The SMILES string of the molecule is COc1cc(Cl)c(NCc2cccc(C#N)c2)cc1OC. The van der Waals surface area contributed by atoms with Gasteiger partial charge in [0, 0.05) is 18.7 Å². The van der Waals surface area contributed by atoms with Crippen molar-refractivity contribution in [2.75, 3.05) is 19.5 Å². The van der Waals surface area contributed by atoms with Crippen LogP contribution in [0, 0.1) is 11.3 Å². The standard InChI is InChI=1S/C16H15ClN2O2/c1-20-15-7-13(17)14(8-16(15)21-2)19-10-12-5-3-4-11(6-12)9-18/h3-8,19H,10H2,1-2H3. The van der Waals surface area contributed by atoms with Crippen molar-refractivity contribution >= 4 is 17.3 Å². The van der Waals surface area contributed by atoms with Gasteiger partial charge in [-0.3, -0.25) is 0 Å². The molecule has 21 heavy (non-hydrogen) atoms. The second-order valence-corrected chi connectivity index (χ2v) is 4.76. The van der Waals surface area contributed by atoms with Gasteiger partial charge in [0.1, 0.15) is 0 Å². The smallest absolute Gasteiger partial charge is 0.162 e. The predicted octanol–water partition coefficient (Wildman–Crippen LogP) is 3.84. The van der Waals surface area contributed by atoms with Crippen LogP contribution >= 0.6 is 11.6 Å². The number of methoxy groups -OCH3 is 2. The number of anilines is 1. The zero-order chi connectivity index (χ0) is 15.2. The second kappa shape index (κ2) is 6.87. The van der Waals surface area contributed by atoms with Gasteiger partial charge < -0.3 is 14.8 Å². The first-order valence-electron chi connectivity index (χ1n) is 6.32. The summed E-state index contributed by atoms with van der Waals surface area (Å²) in [7, 11) is 3.14. The fourth-order valence-corrected chi connectivity index (χ4v) is 2.16. The van der Waals surface area contributed by atoms with Crippen molar-refractivity contribution in [2.24, 2.45) is 0 Å². The summed E-state index contributed by atoms with van der Waals surface area (Å²) < 4.78 is 10.4. The predicted molar refractivity (Wildman–Crippen MR) is 83.0 cm³/mol. The molecule has 2 aromatic carbocycles. The quantitative estimate of drug-likeness (QED) is 0.911. The van der Waals surface area contributed by atoms with Crippen molar-refractivity contribution in [2.45, 2.75) is 6.54 Å². The molecule has 0 saturated carbocycles. The maximum absolute atomic E-state index is 8.90. The zero-order valence-corrected chi connectivity index (χ0v) is 12.6. The van der Waals surface area contributed by atoms with E-state index < -0.39 is 0 Å². The van der Waals surface area contributed by atoms with Crippen LogP contribution in [0.5, 0.6) is 11.5 Å². The summed E-state index contributed by atoms with van der Waals surface area (Å²) in [5, 5.41) is 12.7. The maximum atomic E-state index is 8.90. The Morgan fingerprint density at radius 3 is 2.52 bits per heavy atom. The summed E-state index contributed by atoms with van der Waals surface area (Å²) in [4.78, 5) is 0. The summed E-state index contributed by atoms with van der Waals surface area (Å²) in [5.41, 5.74) is 2.38. The normalized spacial score (nSPS) is 9.81. The number of halogens is 1. The van der Waals surface area contributed by atoms with Crippen LogP contribution in [-0.4, -0.2) is 14.2 Å². The zero-order valence-electron chi connectivity index (χ0n) is 11.8. The van der Waals surface area contributed by atoms with Gasteiger partial charge in [0.25, 0.3) is 0 Å². The number of benzene rings is 2. The van der Waals surface area contributed by atoms with Crippen LogP contribution < -0.4 is 14.8 Å². The minimum Gasteiger partial charge on any atom is -0.493 e. The van der Waals surface area contributed by atoms with Crippen LogP contribution in [0.15, 0.2) is 36.4 Å². The first-order chi connectivity index (χ1) is 10.2. The Labute approximate surface area is 128 Å². The number of nitrogens with zero attached hydrogens (tertiary/aromatic N) is 1. The van der Waals surface area contributed by atoms with Crippen molar-refractivity contribution in [3.8, 4) is 17.6 Å². The van der Waals surface area contributed by atoms with Crippen LogP contribution in [-0.2, 0) is 6.54 Å². The van der Waals surface area contributed by atoms with Gasteiger partial charge in [0.05, 0.1) is 36.6 Å². The summed E-state index contributed by atoms with van der Waals surface area (Å²) in [6.45, 7) is 0.560. The van der Waals surface area contributed by atoms with Crippen molar-refractivity contribution in [1.82, 2.24) is 0 Å². The summed E-state index contributed by atoms with van der Waals surface area (Å²) in [6, 6.07) is 13.0. The Morgan fingerprint density at radius 2 is 1.86 bits per heavy atom. The maximum Gasteiger partial charge on any atom is 0.162 e. The van der Waals surface area contributed by atoms with E-state index in [1.807, 2.05) is 18.2 Å². The Morgan fingerprint density at radius 1 is 1.14 bits per heavy atom. The van der Waals surface area contributed by atoms with Crippen molar-refractivity contribution in [3.05, 3.63) is 52.5 Å². The van der Waals surface area contributed by atoms with Crippen LogP contribution in [0.4, 0.5) is 5.69 Å². The molecule has 0 aliphatic carbocycles. The van der Waals surface area contributed by atoms with Crippen LogP contribution in [0.1, 0.15) is 11.1 Å². The number of hydrogen-bond donors (Lipinski definition) is 1. The molecule has 0 bridgehead atoms. The van der Waals surface area contributed by atoms with Gasteiger partial charge in [-0.15, -0.1) is 0 Å². The average Bonchev–Trinajstić information content (AvgIpc) is 2.53. The Bertz CT molecular complexity index is 680.